The molecular weight excluding hydrogens is 308 g/mol. The van der Waals surface area contributed by atoms with Crippen molar-refractivity contribution in [3.63, 3.8) is 0 Å². The smallest absolute Gasteiger partial charge is 0.320 e. The molecule has 1 aliphatic rings. The molecule has 2 rings (SSSR count). The second kappa shape index (κ2) is 8.15. The van der Waals surface area contributed by atoms with Crippen molar-refractivity contribution in [2.45, 2.75) is 33.2 Å². The molecule has 6 heteroatoms. The van der Waals surface area contributed by atoms with E-state index in [1.165, 1.54) is 0 Å². The van der Waals surface area contributed by atoms with Crippen LogP contribution in [-0.2, 0) is 9.59 Å². The number of carboxylic acids is 1. The van der Waals surface area contributed by atoms with E-state index >= 15 is 0 Å². The molecule has 1 aromatic rings. The number of nitrogens with zero attached hydrogens (tertiary/aromatic N) is 2. The minimum Gasteiger partial charge on any atom is -0.484 e. The van der Waals surface area contributed by atoms with Crippen LogP contribution in [-0.4, -0.2) is 65.6 Å². The lowest BCUT2D eigenvalue weighted by Gasteiger charge is -2.37. The molecule has 6 nitrogen and oxygen atoms in total. The highest BCUT2D eigenvalue weighted by Gasteiger charge is 2.29. The molecule has 0 radical (unpaired) electrons. The maximum absolute atomic E-state index is 12.3. The van der Waals surface area contributed by atoms with Gasteiger partial charge in [-0.2, -0.15) is 0 Å². The van der Waals surface area contributed by atoms with Crippen molar-refractivity contribution in [3.05, 3.63) is 29.3 Å². The molecule has 0 aliphatic carbocycles. The zero-order valence-electron chi connectivity index (χ0n) is 14.6. The maximum atomic E-state index is 12.3. The van der Waals surface area contributed by atoms with Crippen molar-refractivity contribution in [2.75, 3.05) is 32.8 Å². The first-order valence-corrected chi connectivity index (χ1v) is 8.36. The summed E-state index contributed by atoms with van der Waals surface area (Å²) in [6.07, 6.45) is 0.569. The number of hydrogen-bond donors (Lipinski definition) is 1. The highest BCUT2D eigenvalue weighted by atomic mass is 16.5. The Morgan fingerprint density at radius 3 is 2.21 bits per heavy atom. The van der Waals surface area contributed by atoms with Crippen LogP contribution in [0.2, 0.25) is 0 Å². The first-order chi connectivity index (χ1) is 11.4. The SMILES string of the molecule is CCC(C(=O)O)N1CCN(C(=O)COc2cc(C)cc(C)c2)CC1. The molecule has 1 N–H and O–H groups in total. The van der Waals surface area contributed by atoms with Gasteiger partial charge in [0.15, 0.2) is 6.61 Å². The summed E-state index contributed by atoms with van der Waals surface area (Å²) in [5.41, 5.74) is 2.20. The zero-order valence-corrected chi connectivity index (χ0v) is 14.6. The molecule has 1 aromatic carbocycles. The number of aryl methyl sites for hydroxylation is 2. The fourth-order valence-corrected chi connectivity index (χ4v) is 3.12. The van der Waals surface area contributed by atoms with Gasteiger partial charge in [0.1, 0.15) is 11.8 Å². The van der Waals surface area contributed by atoms with Gasteiger partial charge in [-0.05, 0) is 43.5 Å². The molecule has 132 valence electrons. The van der Waals surface area contributed by atoms with E-state index in [1.807, 2.05) is 37.8 Å². The molecule has 1 fully saturated rings. The van der Waals surface area contributed by atoms with Gasteiger partial charge in [0.2, 0.25) is 0 Å². The van der Waals surface area contributed by atoms with Crippen LogP contribution >= 0.6 is 0 Å². The first kappa shape index (κ1) is 18.3. The quantitative estimate of drug-likeness (QED) is 0.857. The topological polar surface area (TPSA) is 70.1 Å². The Labute approximate surface area is 143 Å². The Morgan fingerprint density at radius 1 is 1.12 bits per heavy atom. The average molecular weight is 334 g/mol. The van der Waals surface area contributed by atoms with E-state index in [0.717, 1.165) is 11.1 Å². The molecule has 0 spiro atoms. The summed E-state index contributed by atoms with van der Waals surface area (Å²) < 4.78 is 5.62. The molecule has 0 aromatic heterocycles. The van der Waals surface area contributed by atoms with E-state index in [0.29, 0.717) is 38.3 Å². The van der Waals surface area contributed by atoms with Crippen LogP contribution in [0.15, 0.2) is 18.2 Å². The van der Waals surface area contributed by atoms with Gasteiger partial charge in [-0.15, -0.1) is 0 Å². The van der Waals surface area contributed by atoms with Crippen LogP contribution in [0.1, 0.15) is 24.5 Å². The van der Waals surface area contributed by atoms with Crippen molar-refractivity contribution < 1.29 is 19.4 Å². The fraction of sp³-hybridized carbons (Fsp3) is 0.556. The Balaban J connectivity index is 1.83. The summed E-state index contributed by atoms with van der Waals surface area (Å²) in [5, 5.41) is 9.21. The normalized spacial score (nSPS) is 16.7. The number of rotatable bonds is 6. The van der Waals surface area contributed by atoms with E-state index in [2.05, 4.69) is 6.07 Å². The lowest BCUT2D eigenvalue weighted by molar-refractivity contribution is -0.145. The number of aliphatic carboxylic acids is 1. The molecule has 0 bridgehead atoms. The van der Waals surface area contributed by atoms with Crippen LogP contribution in [0.3, 0.4) is 0 Å². The molecule has 0 saturated carbocycles. The van der Waals surface area contributed by atoms with Crippen molar-refractivity contribution in [3.8, 4) is 5.75 Å². The number of amides is 1. The van der Waals surface area contributed by atoms with Crippen LogP contribution in [0.5, 0.6) is 5.75 Å². The number of hydrogen-bond acceptors (Lipinski definition) is 4. The molecule has 24 heavy (non-hydrogen) atoms. The van der Waals surface area contributed by atoms with Gasteiger partial charge in [-0.1, -0.05) is 13.0 Å². The molecule has 1 unspecified atom stereocenters. The Bertz CT molecular complexity index is 574. The predicted octanol–water partition coefficient (Wildman–Crippen LogP) is 1.69. The predicted molar refractivity (Wildman–Crippen MR) is 91.3 cm³/mol. The third-order valence-corrected chi connectivity index (χ3v) is 4.34. The van der Waals surface area contributed by atoms with Gasteiger partial charge in [0.05, 0.1) is 0 Å². The van der Waals surface area contributed by atoms with Crippen LogP contribution in [0, 0.1) is 13.8 Å². The van der Waals surface area contributed by atoms with Crippen molar-refractivity contribution in [1.82, 2.24) is 9.80 Å². The molecule has 1 amide bonds. The van der Waals surface area contributed by atoms with Crippen molar-refractivity contribution in [1.29, 1.82) is 0 Å². The summed E-state index contributed by atoms with van der Waals surface area (Å²) in [6, 6.07) is 5.42. The van der Waals surface area contributed by atoms with Crippen molar-refractivity contribution >= 4 is 11.9 Å². The Morgan fingerprint density at radius 2 is 1.71 bits per heavy atom. The number of ether oxygens (including phenoxy) is 1. The lowest BCUT2D eigenvalue weighted by Crippen LogP contribution is -2.54. The number of piperazine rings is 1. The summed E-state index contributed by atoms with van der Waals surface area (Å²) >= 11 is 0. The Hall–Kier alpha value is -2.08. The second-order valence-electron chi connectivity index (χ2n) is 6.29. The summed E-state index contributed by atoms with van der Waals surface area (Å²) in [4.78, 5) is 27.2. The highest BCUT2D eigenvalue weighted by Crippen LogP contribution is 2.16. The molecule has 1 heterocycles. The van der Waals surface area contributed by atoms with Gasteiger partial charge in [-0.25, -0.2) is 0 Å². The largest absolute Gasteiger partial charge is 0.484 e. The fourth-order valence-electron chi connectivity index (χ4n) is 3.12. The third-order valence-electron chi connectivity index (χ3n) is 4.34. The first-order valence-electron chi connectivity index (χ1n) is 8.36. The molecule has 1 atom stereocenters. The lowest BCUT2D eigenvalue weighted by atomic mass is 10.1. The van der Waals surface area contributed by atoms with E-state index in [4.69, 9.17) is 4.74 Å². The highest BCUT2D eigenvalue weighted by molar-refractivity contribution is 5.78. The Kier molecular flexibility index (Phi) is 6.20. The minimum atomic E-state index is -0.796. The number of benzene rings is 1. The van der Waals surface area contributed by atoms with Crippen LogP contribution in [0.4, 0.5) is 0 Å². The monoisotopic (exact) mass is 334 g/mol. The van der Waals surface area contributed by atoms with Gasteiger partial charge in [0.25, 0.3) is 5.91 Å². The van der Waals surface area contributed by atoms with E-state index in [-0.39, 0.29) is 12.5 Å². The van der Waals surface area contributed by atoms with Gasteiger partial charge in [0, 0.05) is 26.2 Å². The van der Waals surface area contributed by atoms with Crippen molar-refractivity contribution in [2.24, 2.45) is 0 Å². The van der Waals surface area contributed by atoms with E-state index in [9.17, 15) is 14.7 Å². The molecule has 1 saturated heterocycles. The number of carbonyl (C=O) groups is 2. The second-order valence-corrected chi connectivity index (χ2v) is 6.29. The van der Waals surface area contributed by atoms with Gasteiger partial charge in [-0.3, -0.25) is 14.5 Å². The van der Waals surface area contributed by atoms with Crippen LogP contribution in [0.25, 0.3) is 0 Å². The number of carboxylic acid groups (broad SMARTS) is 1. The maximum Gasteiger partial charge on any atom is 0.320 e. The third kappa shape index (κ3) is 4.71. The van der Waals surface area contributed by atoms with E-state index in [1.54, 1.807) is 4.90 Å². The van der Waals surface area contributed by atoms with E-state index < -0.39 is 12.0 Å². The standard InChI is InChI=1S/C18H26N2O4/c1-4-16(18(22)23)19-5-7-20(8-6-19)17(21)12-24-15-10-13(2)9-14(3)11-15/h9-11,16H,4-8,12H2,1-3H3,(H,22,23). The minimum absolute atomic E-state index is 0.0129. The molecular formula is C18H26N2O4. The summed E-state index contributed by atoms with van der Waals surface area (Å²) in [6.45, 7) is 8.12. The van der Waals surface area contributed by atoms with Gasteiger partial charge >= 0.3 is 5.97 Å². The molecule has 1 aliphatic heterocycles. The zero-order chi connectivity index (χ0) is 17.7. The van der Waals surface area contributed by atoms with Gasteiger partial charge < -0.3 is 14.7 Å². The van der Waals surface area contributed by atoms with Crippen LogP contribution < -0.4 is 4.74 Å². The summed E-state index contributed by atoms with van der Waals surface area (Å²) in [5.74, 6) is -0.149. The number of carbonyl (C=O) groups excluding carboxylic acids is 1. The summed E-state index contributed by atoms with van der Waals surface area (Å²) in [7, 11) is 0. The average Bonchev–Trinajstić information content (AvgIpc) is 2.52.